The SMILES string of the molecule is COC(=O)C(CNC(=O)C(C)C(C)N)Cc1cccc(C)c1. The molecule has 1 aromatic carbocycles. The van der Waals surface area contributed by atoms with E-state index in [9.17, 15) is 9.59 Å². The molecule has 0 heterocycles. The van der Waals surface area contributed by atoms with E-state index in [1.54, 1.807) is 13.8 Å². The van der Waals surface area contributed by atoms with Gasteiger partial charge in [-0.2, -0.15) is 0 Å². The molecule has 3 N–H and O–H groups in total. The van der Waals surface area contributed by atoms with Crippen LogP contribution in [0.25, 0.3) is 0 Å². The predicted octanol–water partition coefficient (Wildman–Crippen LogP) is 1.43. The highest BCUT2D eigenvalue weighted by Gasteiger charge is 2.23. The summed E-state index contributed by atoms with van der Waals surface area (Å²) >= 11 is 0. The van der Waals surface area contributed by atoms with Crippen molar-refractivity contribution < 1.29 is 14.3 Å². The molecule has 0 aliphatic heterocycles. The molecule has 5 heteroatoms. The molecule has 122 valence electrons. The summed E-state index contributed by atoms with van der Waals surface area (Å²) < 4.78 is 4.84. The van der Waals surface area contributed by atoms with Crippen LogP contribution in [0.5, 0.6) is 0 Å². The van der Waals surface area contributed by atoms with Crippen molar-refractivity contribution in [2.45, 2.75) is 33.2 Å². The first kappa shape index (κ1) is 18.2. The number of aryl methyl sites for hydroxylation is 1. The number of esters is 1. The monoisotopic (exact) mass is 306 g/mol. The van der Waals surface area contributed by atoms with Gasteiger partial charge in [0.1, 0.15) is 0 Å². The van der Waals surface area contributed by atoms with Gasteiger partial charge in [-0.1, -0.05) is 36.8 Å². The standard InChI is InChI=1S/C17H26N2O3/c1-11-6-5-7-14(8-11)9-15(17(21)22-4)10-19-16(20)12(2)13(3)18/h5-8,12-13,15H,9-10,18H2,1-4H3,(H,19,20). The Morgan fingerprint density at radius 1 is 1.32 bits per heavy atom. The molecule has 3 atom stereocenters. The van der Waals surface area contributed by atoms with E-state index in [4.69, 9.17) is 10.5 Å². The maximum absolute atomic E-state index is 12.0. The zero-order valence-corrected chi connectivity index (χ0v) is 13.8. The molecule has 1 aromatic rings. The van der Waals surface area contributed by atoms with Crippen molar-refractivity contribution in [1.82, 2.24) is 5.32 Å². The zero-order chi connectivity index (χ0) is 16.7. The molecule has 0 bridgehead atoms. The first-order chi connectivity index (χ1) is 10.3. The maximum Gasteiger partial charge on any atom is 0.310 e. The van der Waals surface area contributed by atoms with E-state index in [0.29, 0.717) is 6.42 Å². The number of hydrogen-bond donors (Lipinski definition) is 2. The molecule has 0 aliphatic rings. The zero-order valence-electron chi connectivity index (χ0n) is 13.8. The number of carbonyl (C=O) groups is 2. The van der Waals surface area contributed by atoms with E-state index in [1.165, 1.54) is 7.11 Å². The Morgan fingerprint density at radius 3 is 2.55 bits per heavy atom. The predicted molar refractivity (Wildman–Crippen MR) is 86.2 cm³/mol. The Kier molecular flexibility index (Phi) is 7.05. The second kappa shape index (κ2) is 8.54. The van der Waals surface area contributed by atoms with Gasteiger partial charge in [-0.15, -0.1) is 0 Å². The topological polar surface area (TPSA) is 81.4 Å². The van der Waals surface area contributed by atoms with Gasteiger partial charge in [0.05, 0.1) is 13.0 Å². The van der Waals surface area contributed by atoms with E-state index < -0.39 is 5.92 Å². The first-order valence-corrected chi connectivity index (χ1v) is 7.51. The van der Waals surface area contributed by atoms with Gasteiger partial charge in [0.25, 0.3) is 0 Å². The van der Waals surface area contributed by atoms with Crippen LogP contribution in [-0.4, -0.2) is 31.6 Å². The van der Waals surface area contributed by atoms with Crippen LogP contribution in [0.3, 0.4) is 0 Å². The number of hydrogen-bond acceptors (Lipinski definition) is 4. The number of ether oxygens (including phenoxy) is 1. The van der Waals surface area contributed by atoms with Crippen LogP contribution in [0.2, 0.25) is 0 Å². The van der Waals surface area contributed by atoms with Crippen molar-refractivity contribution in [3.8, 4) is 0 Å². The summed E-state index contributed by atoms with van der Waals surface area (Å²) in [7, 11) is 1.36. The van der Waals surface area contributed by atoms with Gasteiger partial charge in [0, 0.05) is 18.5 Å². The van der Waals surface area contributed by atoms with Crippen LogP contribution in [0.4, 0.5) is 0 Å². The van der Waals surface area contributed by atoms with Crippen molar-refractivity contribution in [2.24, 2.45) is 17.6 Å². The smallest absolute Gasteiger partial charge is 0.310 e. The summed E-state index contributed by atoms with van der Waals surface area (Å²) in [4.78, 5) is 23.9. The number of benzene rings is 1. The number of nitrogens with one attached hydrogen (secondary N) is 1. The summed E-state index contributed by atoms with van der Waals surface area (Å²) in [5.74, 6) is -1.17. The van der Waals surface area contributed by atoms with Crippen molar-refractivity contribution in [1.29, 1.82) is 0 Å². The fourth-order valence-corrected chi connectivity index (χ4v) is 2.15. The molecule has 22 heavy (non-hydrogen) atoms. The number of nitrogens with two attached hydrogens (primary N) is 1. The highest BCUT2D eigenvalue weighted by Crippen LogP contribution is 2.12. The summed E-state index contributed by atoms with van der Waals surface area (Å²) in [6, 6.07) is 7.73. The minimum absolute atomic E-state index is 0.145. The lowest BCUT2D eigenvalue weighted by atomic mass is 9.97. The van der Waals surface area contributed by atoms with Crippen LogP contribution in [0.15, 0.2) is 24.3 Å². The maximum atomic E-state index is 12.0. The summed E-state index contributed by atoms with van der Waals surface area (Å²) in [6.45, 7) is 5.81. The average molecular weight is 306 g/mol. The molecular formula is C17H26N2O3. The quantitative estimate of drug-likeness (QED) is 0.747. The molecule has 0 fully saturated rings. The lowest BCUT2D eigenvalue weighted by Crippen LogP contribution is -2.42. The minimum Gasteiger partial charge on any atom is -0.469 e. The molecule has 1 amide bonds. The largest absolute Gasteiger partial charge is 0.469 e. The molecule has 1 rings (SSSR count). The third-order valence-corrected chi connectivity index (χ3v) is 3.82. The highest BCUT2D eigenvalue weighted by molar-refractivity contribution is 5.80. The van der Waals surface area contributed by atoms with Gasteiger partial charge in [-0.05, 0) is 25.8 Å². The average Bonchev–Trinajstić information content (AvgIpc) is 2.49. The Labute approximate surface area is 132 Å². The van der Waals surface area contributed by atoms with Crippen molar-refractivity contribution in [3.05, 3.63) is 35.4 Å². The third-order valence-electron chi connectivity index (χ3n) is 3.82. The third kappa shape index (κ3) is 5.48. The fourth-order valence-electron chi connectivity index (χ4n) is 2.15. The summed E-state index contributed by atoms with van der Waals surface area (Å²) in [5.41, 5.74) is 7.90. The van der Waals surface area contributed by atoms with Crippen LogP contribution in [0, 0.1) is 18.8 Å². The van der Waals surface area contributed by atoms with Crippen LogP contribution < -0.4 is 11.1 Å². The Morgan fingerprint density at radius 2 is 2.00 bits per heavy atom. The lowest BCUT2D eigenvalue weighted by molar-refractivity contribution is -0.145. The van der Waals surface area contributed by atoms with Gasteiger partial charge in [-0.3, -0.25) is 9.59 Å². The van der Waals surface area contributed by atoms with Gasteiger partial charge < -0.3 is 15.8 Å². The molecule has 0 aliphatic carbocycles. The van der Waals surface area contributed by atoms with Gasteiger partial charge in [0.2, 0.25) is 5.91 Å². The molecule has 0 saturated carbocycles. The van der Waals surface area contributed by atoms with E-state index in [-0.39, 0.29) is 30.4 Å². The molecule has 3 unspecified atom stereocenters. The normalized spacial score (nSPS) is 14.8. The van der Waals surface area contributed by atoms with Gasteiger partial charge in [0.15, 0.2) is 0 Å². The molecule has 0 radical (unpaired) electrons. The molecule has 0 spiro atoms. The van der Waals surface area contributed by atoms with E-state index in [0.717, 1.165) is 11.1 Å². The number of rotatable bonds is 7. The molecular weight excluding hydrogens is 280 g/mol. The van der Waals surface area contributed by atoms with Gasteiger partial charge in [-0.25, -0.2) is 0 Å². The van der Waals surface area contributed by atoms with Crippen LogP contribution in [-0.2, 0) is 20.7 Å². The fraction of sp³-hybridized carbons (Fsp3) is 0.529. The number of amides is 1. The molecule has 0 aromatic heterocycles. The lowest BCUT2D eigenvalue weighted by Gasteiger charge is -2.19. The van der Waals surface area contributed by atoms with Crippen LogP contribution >= 0.6 is 0 Å². The van der Waals surface area contributed by atoms with Crippen molar-refractivity contribution >= 4 is 11.9 Å². The van der Waals surface area contributed by atoms with E-state index >= 15 is 0 Å². The number of carbonyl (C=O) groups excluding carboxylic acids is 2. The summed E-state index contributed by atoms with van der Waals surface area (Å²) in [5, 5.41) is 2.79. The second-order valence-electron chi connectivity index (χ2n) is 5.81. The van der Waals surface area contributed by atoms with Gasteiger partial charge >= 0.3 is 5.97 Å². The Balaban J connectivity index is 2.69. The molecule has 0 saturated heterocycles. The highest BCUT2D eigenvalue weighted by atomic mass is 16.5. The van der Waals surface area contributed by atoms with E-state index in [1.807, 2.05) is 31.2 Å². The first-order valence-electron chi connectivity index (χ1n) is 7.51. The van der Waals surface area contributed by atoms with Crippen molar-refractivity contribution in [3.63, 3.8) is 0 Å². The molecule has 5 nitrogen and oxygen atoms in total. The van der Waals surface area contributed by atoms with Crippen LogP contribution in [0.1, 0.15) is 25.0 Å². The second-order valence-corrected chi connectivity index (χ2v) is 5.81. The Hall–Kier alpha value is -1.88. The van der Waals surface area contributed by atoms with Crippen molar-refractivity contribution in [2.75, 3.05) is 13.7 Å². The minimum atomic E-state index is -0.406. The van der Waals surface area contributed by atoms with E-state index in [2.05, 4.69) is 5.32 Å². The summed E-state index contributed by atoms with van der Waals surface area (Å²) in [6.07, 6.45) is 0.529. The Bertz CT molecular complexity index is 514. The number of methoxy groups -OCH3 is 1.